The molecule has 5 nitrogen and oxygen atoms in total. The molecule has 1 aromatic rings. The van der Waals surface area contributed by atoms with Crippen molar-refractivity contribution < 1.29 is 17.9 Å². The highest BCUT2D eigenvalue weighted by atomic mass is 32.2. The lowest BCUT2D eigenvalue weighted by Crippen LogP contribution is -2.27. The van der Waals surface area contributed by atoms with Crippen LogP contribution in [0, 0.1) is 6.92 Å². The van der Waals surface area contributed by atoms with Crippen LogP contribution in [0.5, 0.6) is 5.75 Å². The number of benzene rings is 1. The molecule has 0 aromatic heterocycles. The van der Waals surface area contributed by atoms with Crippen LogP contribution in [0.4, 0.5) is 0 Å². The SMILES string of the molecule is Cc1ccc(OCCCCNC(=O)CS[C@@H]2CCS(=O)(=O)C2)cc1. The lowest BCUT2D eigenvalue weighted by molar-refractivity contribution is -0.118. The standard InChI is InChI=1S/C17H25NO4S2/c1-14-4-6-15(7-5-14)22-10-3-2-9-18-17(19)12-23-16-8-11-24(20,21)13-16/h4-7,16H,2-3,8-13H2,1H3,(H,18,19)/t16-/m1/s1. The van der Waals surface area contributed by atoms with Crippen LogP contribution >= 0.6 is 11.8 Å². The zero-order valence-electron chi connectivity index (χ0n) is 14.0. The minimum atomic E-state index is -2.86. The highest BCUT2D eigenvalue weighted by Crippen LogP contribution is 2.23. The molecule has 1 N–H and O–H groups in total. The van der Waals surface area contributed by atoms with E-state index in [2.05, 4.69) is 5.32 Å². The first-order chi connectivity index (χ1) is 11.4. The molecular weight excluding hydrogens is 346 g/mol. The largest absolute Gasteiger partial charge is 0.494 e. The Labute approximate surface area is 148 Å². The summed E-state index contributed by atoms with van der Waals surface area (Å²) < 4.78 is 28.3. The number of aryl methyl sites for hydroxylation is 1. The van der Waals surface area contributed by atoms with Gasteiger partial charge >= 0.3 is 0 Å². The Kier molecular flexibility index (Phi) is 7.42. The normalized spacial score (nSPS) is 19.1. The van der Waals surface area contributed by atoms with Crippen molar-refractivity contribution in [1.82, 2.24) is 5.32 Å². The second-order valence-corrected chi connectivity index (χ2v) is 9.57. The van der Waals surface area contributed by atoms with Gasteiger partial charge in [-0.1, -0.05) is 17.7 Å². The summed E-state index contributed by atoms with van der Waals surface area (Å²) in [6.07, 6.45) is 2.40. The molecule has 2 rings (SSSR count). The van der Waals surface area contributed by atoms with Crippen LogP contribution in [-0.4, -0.2) is 50.0 Å². The smallest absolute Gasteiger partial charge is 0.230 e. The van der Waals surface area contributed by atoms with Gasteiger partial charge in [0.1, 0.15) is 5.75 Å². The van der Waals surface area contributed by atoms with E-state index in [0.29, 0.717) is 25.3 Å². The Morgan fingerprint density at radius 3 is 2.71 bits per heavy atom. The van der Waals surface area contributed by atoms with E-state index in [9.17, 15) is 13.2 Å². The van der Waals surface area contributed by atoms with Crippen LogP contribution < -0.4 is 10.1 Å². The van der Waals surface area contributed by atoms with Gasteiger partial charge in [0.05, 0.1) is 23.9 Å². The Morgan fingerprint density at radius 1 is 1.29 bits per heavy atom. The molecule has 0 radical (unpaired) electrons. The van der Waals surface area contributed by atoms with Crippen molar-refractivity contribution in [3.05, 3.63) is 29.8 Å². The van der Waals surface area contributed by atoms with Gasteiger partial charge in [-0.25, -0.2) is 8.42 Å². The van der Waals surface area contributed by atoms with Gasteiger partial charge < -0.3 is 10.1 Å². The van der Waals surface area contributed by atoms with Crippen molar-refractivity contribution >= 4 is 27.5 Å². The lowest BCUT2D eigenvalue weighted by atomic mass is 10.2. The molecular formula is C17H25NO4S2. The highest BCUT2D eigenvalue weighted by Gasteiger charge is 2.28. The number of sulfone groups is 1. The van der Waals surface area contributed by atoms with E-state index in [-0.39, 0.29) is 22.7 Å². The van der Waals surface area contributed by atoms with Gasteiger partial charge in [-0.3, -0.25) is 4.79 Å². The van der Waals surface area contributed by atoms with E-state index in [4.69, 9.17) is 4.74 Å². The van der Waals surface area contributed by atoms with Gasteiger partial charge in [-0.2, -0.15) is 0 Å². The number of carbonyl (C=O) groups excluding carboxylic acids is 1. The third-order valence-electron chi connectivity index (χ3n) is 3.82. The Morgan fingerprint density at radius 2 is 2.04 bits per heavy atom. The summed E-state index contributed by atoms with van der Waals surface area (Å²) in [6.45, 7) is 3.30. The summed E-state index contributed by atoms with van der Waals surface area (Å²) in [4.78, 5) is 11.7. The van der Waals surface area contributed by atoms with Gasteiger partial charge in [0.25, 0.3) is 0 Å². The number of ether oxygens (including phenoxy) is 1. The number of hydrogen-bond donors (Lipinski definition) is 1. The molecule has 1 aliphatic heterocycles. The maximum absolute atomic E-state index is 11.7. The fraction of sp³-hybridized carbons (Fsp3) is 0.588. The molecule has 0 spiro atoms. The molecule has 1 fully saturated rings. The quantitative estimate of drug-likeness (QED) is 0.674. The molecule has 0 bridgehead atoms. The van der Waals surface area contributed by atoms with Crippen molar-refractivity contribution in [2.24, 2.45) is 0 Å². The minimum Gasteiger partial charge on any atom is -0.494 e. The molecule has 134 valence electrons. The third-order valence-corrected chi connectivity index (χ3v) is 7.11. The summed E-state index contributed by atoms with van der Waals surface area (Å²) in [5.74, 6) is 1.64. The molecule has 1 amide bonds. The van der Waals surface area contributed by atoms with Gasteiger partial charge in [0, 0.05) is 11.8 Å². The molecule has 0 unspecified atom stereocenters. The number of nitrogens with one attached hydrogen (secondary N) is 1. The summed E-state index contributed by atoms with van der Waals surface area (Å²) in [5, 5.41) is 2.94. The van der Waals surface area contributed by atoms with E-state index in [1.165, 1.54) is 17.3 Å². The first-order valence-electron chi connectivity index (χ1n) is 8.23. The maximum Gasteiger partial charge on any atom is 0.230 e. The van der Waals surface area contributed by atoms with Crippen LogP contribution in [-0.2, 0) is 14.6 Å². The van der Waals surface area contributed by atoms with E-state index >= 15 is 0 Å². The molecule has 0 saturated carbocycles. The van der Waals surface area contributed by atoms with Crippen LogP contribution in [0.3, 0.4) is 0 Å². The topological polar surface area (TPSA) is 72.5 Å². The minimum absolute atomic E-state index is 0.0243. The number of unbranched alkanes of at least 4 members (excludes halogenated alkanes) is 1. The van der Waals surface area contributed by atoms with Gasteiger partial charge in [0.2, 0.25) is 5.91 Å². The highest BCUT2D eigenvalue weighted by molar-refractivity contribution is 8.02. The van der Waals surface area contributed by atoms with Crippen molar-refractivity contribution in [2.75, 3.05) is 30.4 Å². The van der Waals surface area contributed by atoms with Crippen LogP contribution in [0.1, 0.15) is 24.8 Å². The van der Waals surface area contributed by atoms with Crippen molar-refractivity contribution in [1.29, 1.82) is 0 Å². The molecule has 1 aliphatic rings. The molecule has 1 aromatic carbocycles. The first-order valence-corrected chi connectivity index (χ1v) is 11.1. The maximum atomic E-state index is 11.7. The molecule has 1 atom stereocenters. The van der Waals surface area contributed by atoms with Crippen molar-refractivity contribution in [2.45, 2.75) is 31.4 Å². The summed E-state index contributed by atoms with van der Waals surface area (Å²) in [5.41, 5.74) is 1.21. The van der Waals surface area contributed by atoms with E-state index in [1.807, 2.05) is 31.2 Å². The van der Waals surface area contributed by atoms with E-state index in [1.54, 1.807) is 0 Å². The molecule has 1 saturated heterocycles. The summed E-state index contributed by atoms with van der Waals surface area (Å²) in [6, 6.07) is 7.95. The second kappa shape index (κ2) is 9.32. The van der Waals surface area contributed by atoms with Gasteiger partial charge in [-0.15, -0.1) is 11.8 Å². The van der Waals surface area contributed by atoms with Crippen molar-refractivity contribution in [3.63, 3.8) is 0 Å². The van der Waals surface area contributed by atoms with Crippen LogP contribution in [0.2, 0.25) is 0 Å². The Balaban J connectivity index is 1.48. The first kappa shape index (κ1) is 19.1. The molecule has 7 heteroatoms. The number of rotatable bonds is 9. The number of hydrogen-bond acceptors (Lipinski definition) is 5. The lowest BCUT2D eigenvalue weighted by Gasteiger charge is -2.09. The van der Waals surface area contributed by atoms with Gasteiger partial charge in [-0.05, 0) is 38.3 Å². The Bertz CT molecular complexity index is 628. The van der Waals surface area contributed by atoms with Crippen molar-refractivity contribution in [3.8, 4) is 5.75 Å². The van der Waals surface area contributed by atoms with E-state index in [0.717, 1.165) is 18.6 Å². The zero-order chi connectivity index (χ0) is 17.4. The predicted molar refractivity (Wildman–Crippen MR) is 98.4 cm³/mol. The number of carbonyl (C=O) groups is 1. The summed E-state index contributed by atoms with van der Waals surface area (Å²) in [7, 11) is -2.86. The fourth-order valence-corrected chi connectivity index (χ4v) is 5.89. The summed E-state index contributed by atoms with van der Waals surface area (Å²) >= 11 is 1.45. The predicted octanol–water partition coefficient (Wildman–Crippen LogP) is 2.19. The van der Waals surface area contributed by atoms with E-state index < -0.39 is 9.84 Å². The second-order valence-electron chi connectivity index (χ2n) is 6.05. The van der Waals surface area contributed by atoms with Crippen LogP contribution in [0.15, 0.2) is 24.3 Å². The molecule has 0 aliphatic carbocycles. The zero-order valence-corrected chi connectivity index (χ0v) is 15.6. The molecule has 1 heterocycles. The Hall–Kier alpha value is -1.21. The average molecular weight is 372 g/mol. The average Bonchev–Trinajstić information content (AvgIpc) is 2.89. The fourth-order valence-electron chi connectivity index (χ4n) is 2.42. The third kappa shape index (κ3) is 7.13. The monoisotopic (exact) mass is 371 g/mol. The molecule has 24 heavy (non-hydrogen) atoms. The van der Waals surface area contributed by atoms with Gasteiger partial charge in [0.15, 0.2) is 9.84 Å². The van der Waals surface area contributed by atoms with Crippen LogP contribution in [0.25, 0.3) is 0 Å². The number of thioether (sulfide) groups is 1. The number of amides is 1.